The van der Waals surface area contributed by atoms with Gasteiger partial charge in [-0.15, -0.1) is 0 Å². The van der Waals surface area contributed by atoms with Crippen molar-refractivity contribution in [1.82, 2.24) is 14.5 Å². The first-order valence-electron chi connectivity index (χ1n) is 9.17. The summed E-state index contributed by atoms with van der Waals surface area (Å²) in [5, 5.41) is 0.510. The predicted molar refractivity (Wildman–Crippen MR) is 94.0 cm³/mol. The van der Waals surface area contributed by atoms with E-state index in [-0.39, 0.29) is 22.4 Å². The Morgan fingerprint density at radius 2 is 2.07 bits per heavy atom. The van der Waals surface area contributed by atoms with E-state index in [1.54, 1.807) is 6.07 Å². The number of pyridine rings is 1. The van der Waals surface area contributed by atoms with Crippen LogP contribution in [0.15, 0.2) is 21.6 Å². The lowest BCUT2D eigenvalue weighted by Crippen LogP contribution is -2.35. The smallest absolute Gasteiger partial charge is 0.409 e. The molecule has 0 saturated heterocycles. The topological polar surface area (TPSA) is 70.2 Å². The average Bonchev–Trinajstić information content (AvgIpc) is 3.34. The lowest BCUT2D eigenvalue weighted by atomic mass is 9.95. The zero-order valence-electron chi connectivity index (χ0n) is 15.3. The molecule has 0 aromatic carbocycles. The van der Waals surface area contributed by atoms with E-state index in [9.17, 15) is 18.0 Å². The maximum atomic E-state index is 13.5. The Bertz CT molecular complexity index is 1160. The third-order valence-corrected chi connectivity index (χ3v) is 5.48. The molecule has 1 aliphatic heterocycles. The van der Waals surface area contributed by atoms with E-state index in [2.05, 4.69) is 9.97 Å². The quantitative estimate of drug-likeness (QED) is 0.660. The third kappa shape index (κ3) is 2.71. The van der Waals surface area contributed by atoms with E-state index in [1.807, 2.05) is 13.8 Å². The Morgan fingerprint density at radius 3 is 2.75 bits per heavy atom. The molecule has 148 valence electrons. The first kappa shape index (κ1) is 17.7. The number of furan rings is 1. The Kier molecular flexibility index (Phi) is 3.51. The number of hydrogen-bond acceptors (Lipinski definition) is 5. The molecule has 0 spiro atoms. The molecular formula is C19H18F3N3O3. The Hall–Kier alpha value is -2.42. The fourth-order valence-electron chi connectivity index (χ4n) is 3.92. The highest BCUT2D eigenvalue weighted by molar-refractivity contribution is 6.00. The second-order valence-corrected chi connectivity index (χ2v) is 8.23. The minimum Gasteiger partial charge on any atom is -0.430 e. The average molecular weight is 393 g/mol. The summed E-state index contributed by atoms with van der Waals surface area (Å²) in [5.41, 5.74) is 0.724. The van der Waals surface area contributed by atoms with Crippen LogP contribution < -0.4 is 5.56 Å². The second-order valence-electron chi connectivity index (χ2n) is 8.23. The van der Waals surface area contributed by atoms with Crippen LogP contribution in [0.3, 0.4) is 0 Å². The van der Waals surface area contributed by atoms with Gasteiger partial charge < -0.3 is 9.15 Å². The van der Waals surface area contributed by atoms with Crippen molar-refractivity contribution in [2.24, 2.45) is 5.92 Å². The third-order valence-electron chi connectivity index (χ3n) is 5.48. The summed E-state index contributed by atoms with van der Waals surface area (Å²) in [6.07, 6.45) is -2.08. The van der Waals surface area contributed by atoms with Crippen molar-refractivity contribution in [3.63, 3.8) is 0 Å². The SMILES string of the molecule is CC1(C)Cc2nc3oc4c(=O)n(C(C5CC5)C(F)(F)F)cnc4c3cc2CO1. The van der Waals surface area contributed by atoms with Crippen molar-refractivity contribution < 1.29 is 22.3 Å². The van der Waals surface area contributed by atoms with Gasteiger partial charge in [-0.25, -0.2) is 9.97 Å². The highest BCUT2D eigenvalue weighted by Gasteiger charge is 2.50. The maximum absolute atomic E-state index is 13.5. The van der Waals surface area contributed by atoms with E-state index in [0.717, 1.165) is 17.6 Å². The van der Waals surface area contributed by atoms with E-state index >= 15 is 0 Å². The zero-order chi connectivity index (χ0) is 19.8. The number of aromatic nitrogens is 3. The number of fused-ring (bicyclic) bond motifs is 4. The Labute approximate surface area is 157 Å². The van der Waals surface area contributed by atoms with Gasteiger partial charge >= 0.3 is 6.18 Å². The van der Waals surface area contributed by atoms with Gasteiger partial charge in [0.2, 0.25) is 11.3 Å². The van der Waals surface area contributed by atoms with Crippen LogP contribution in [0.25, 0.3) is 22.2 Å². The van der Waals surface area contributed by atoms with Gasteiger partial charge in [-0.3, -0.25) is 9.36 Å². The van der Waals surface area contributed by atoms with Crippen molar-refractivity contribution in [1.29, 1.82) is 0 Å². The number of alkyl halides is 3. The maximum Gasteiger partial charge on any atom is 0.409 e. The van der Waals surface area contributed by atoms with Crippen LogP contribution in [0.1, 0.15) is 44.0 Å². The van der Waals surface area contributed by atoms with Crippen LogP contribution in [0.4, 0.5) is 13.2 Å². The van der Waals surface area contributed by atoms with Crippen LogP contribution in [0, 0.1) is 5.92 Å². The van der Waals surface area contributed by atoms with Gasteiger partial charge in [0.15, 0.2) is 0 Å². The monoisotopic (exact) mass is 393 g/mol. The molecule has 1 atom stereocenters. The fraction of sp³-hybridized carbons (Fsp3) is 0.526. The van der Waals surface area contributed by atoms with Crippen LogP contribution >= 0.6 is 0 Å². The molecule has 1 aliphatic carbocycles. The van der Waals surface area contributed by atoms with Crippen LogP contribution in [-0.2, 0) is 17.8 Å². The fourth-order valence-corrected chi connectivity index (χ4v) is 3.92. The summed E-state index contributed by atoms with van der Waals surface area (Å²) in [6, 6.07) is -0.0713. The van der Waals surface area contributed by atoms with Crippen LogP contribution in [-0.4, -0.2) is 26.3 Å². The minimum absolute atomic E-state index is 0.192. The molecule has 9 heteroatoms. The largest absolute Gasteiger partial charge is 0.430 e. The van der Waals surface area contributed by atoms with Gasteiger partial charge in [0.25, 0.3) is 5.56 Å². The Morgan fingerprint density at radius 1 is 1.32 bits per heavy atom. The molecule has 1 fully saturated rings. The zero-order valence-corrected chi connectivity index (χ0v) is 15.3. The molecule has 2 aliphatic rings. The van der Waals surface area contributed by atoms with E-state index in [4.69, 9.17) is 9.15 Å². The number of nitrogens with zero attached hydrogens (tertiary/aromatic N) is 3. The summed E-state index contributed by atoms with van der Waals surface area (Å²) in [6.45, 7) is 4.28. The molecule has 1 unspecified atom stereocenters. The van der Waals surface area contributed by atoms with Gasteiger partial charge in [-0.05, 0) is 38.7 Å². The molecular weight excluding hydrogens is 375 g/mol. The normalized spacial score (nSPS) is 20.5. The molecule has 28 heavy (non-hydrogen) atoms. The van der Waals surface area contributed by atoms with Crippen molar-refractivity contribution in [3.8, 4) is 0 Å². The molecule has 0 radical (unpaired) electrons. The predicted octanol–water partition coefficient (Wildman–Crippen LogP) is 3.90. The first-order valence-corrected chi connectivity index (χ1v) is 9.17. The summed E-state index contributed by atoms with van der Waals surface area (Å²) < 4.78 is 52.6. The van der Waals surface area contributed by atoms with Gasteiger partial charge in [-0.2, -0.15) is 13.2 Å². The van der Waals surface area contributed by atoms with Gasteiger partial charge in [0.05, 0.1) is 29.6 Å². The van der Waals surface area contributed by atoms with Gasteiger partial charge in [0.1, 0.15) is 11.6 Å². The Balaban J connectivity index is 1.69. The van der Waals surface area contributed by atoms with Crippen molar-refractivity contribution in [2.45, 2.75) is 57.5 Å². The standard InChI is InChI=1S/C19H18F3N3O3/c1-18(2)6-12-10(7-27-18)5-11-13-14(28-16(11)24-12)17(26)25(8-23-13)15(9-3-4-9)19(20,21)22/h5,8-9,15H,3-4,6-7H2,1-2H3. The highest BCUT2D eigenvalue weighted by Crippen LogP contribution is 2.47. The van der Waals surface area contributed by atoms with E-state index < -0.39 is 23.7 Å². The second kappa shape index (κ2) is 5.56. The molecule has 3 aromatic heterocycles. The molecule has 5 rings (SSSR count). The highest BCUT2D eigenvalue weighted by atomic mass is 19.4. The van der Waals surface area contributed by atoms with E-state index in [1.165, 1.54) is 0 Å². The van der Waals surface area contributed by atoms with E-state index in [0.29, 0.717) is 35.8 Å². The van der Waals surface area contributed by atoms with Crippen molar-refractivity contribution in [3.05, 3.63) is 34.0 Å². The summed E-state index contributed by atoms with van der Waals surface area (Å²) in [5.74, 6) is -0.592. The number of hydrogen-bond donors (Lipinski definition) is 0. The molecule has 3 aromatic rings. The number of ether oxygens (including phenoxy) is 1. The van der Waals surface area contributed by atoms with Crippen LogP contribution in [0.5, 0.6) is 0 Å². The summed E-state index contributed by atoms with van der Waals surface area (Å²) in [4.78, 5) is 21.5. The lowest BCUT2D eigenvalue weighted by Gasteiger charge is -2.30. The van der Waals surface area contributed by atoms with Crippen molar-refractivity contribution >= 4 is 22.2 Å². The lowest BCUT2D eigenvalue weighted by molar-refractivity contribution is -0.174. The molecule has 1 saturated carbocycles. The van der Waals surface area contributed by atoms with Gasteiger partial charge in [-0.1, -0.05) is 0 Å². The summed E-state index contributed by atoms with van der Waals surface area (Å²) >= 11 is 0. The van der Waals surface area contributed by atoms with Crippen molar-refractivity contribution in [2.75, 3.05) is 0 Å². The summed E-state index contributed by atoms with van der Waals surface area (Å²) in [7, 11) is 0. The minimum atomic E-state index is -4.52. The molecule has 4 heterocycles. The molecule has 0 N–H and O–H groups in total. The molecule has 0 amide bonds. The number of rotatable bonds is 2. The van der Waals surface area contributed by atoms with Crippen LogP contribution in [0.2, 0.25) is 0 Å². The van der Waals surface area contributed by atoms with Gasteiger partial charge in [0, 0.05) is 12.0 Å². The number of halogens is 3. The molecule has 6 nitrogen and oxygen atoms in total. The first-order chi connectivity index (χ1) is 13.1. The molecule has 0 bridgehead atoms.